The zero-order valence-corrected chi connectivity index (χ0v) is 22.5. The van der Waals surface area contributed by atoms with E-state index in [2.05, 4.69) is 42.0 Å². The van der Waals surface area contributed by atoms with Crippen LogP contribution in [0.1, 0.15) is 129 Å². The van der Waals surface area contributed by atoms with Crippen molar-refractivity contribution in [2.45, 2.75) is 129 Å². The third kappa shape index (κ3) is 21.2. The Kier molecular flexibility index (Phi) is 19.5. The van der Waals surface area contributed by atoms with Gasteiger partial charge in [0.15, 0.2) is 0 Å². The van der Waals surface area contributed by atoms with Crippen LogP contribution in [0.3, 0.4) is 0 Å². The van der Waals surface area contributed by atoms with Gasteiger partial charge in [0.1, 0.15) is 13.1 Å². The summed E-state index contributed by atoms with van der Waals surface area (Å²) < 4.78 is 2.41. The molecule has 0 amide bonds. The van der Waals surface area contributed by atoms with Crippen molar-refractivity contribution in [3.05, 3.63) is 0 Å². The predicted molar refractivity (Wildman–Crippen MR) is 138 cm³/mol. The second-order valence-electron chi connectivity index (χ2n) is 11.4. The van der Waals surface area contributed by atoms with Crippen LogP contribution in [0, 0.1) is 0 Å². The average molecular weight is 427 g/mol. The molecule has 2 heteroatoms. The van der Waals surface area contributed by atoms with E-state index in [1.165, 1.54) is 151 Å². The van der Waals surface area contributed by atoms with E-state index >= 15 is 0 Å². The molecule has 0 aromatic rings. The normalized spacial score (nSPS) is 12.6. The van der Waals surface area contributed by atoms with Gasteiger partial charge in [0.2, 0.25) is 0 Å². The first-order chi connectivity index (χ1) is 14.3. The first-order valence-corrected chi connectivity index (χ1v) is 14.0. The van der Waals surface area contributed by atoms with E-state index in [1.807, 2.05) is 0 Å². The number of hydrogen-bond donors (Lipinski definition) is 0. The summed E-state index contributed by atoms with van der Waals surface area (Å²) in [5.41, 5.74) is 0. The molecule has 0 radical (unpaired) electrons. The third-order valence-electron chi connectivity index (χ3n) is 7.04. The summed E-state index contributed by atoms with van der Waals surface area (Å²) in [6, 6.07) is 0. The quantitative estimate of drug-likeness (QED) is 0.114. The van der Waals surface area contributed by atoms with Crippen molar-refractivity contribution in [1.29, 1.82) is 0 Å². The van der Waals surface area contributed by atoms with E-state index in [4.69, 9.17) is 0 Å². The van der Waals surface area contributed by atoms with Gasteiger partial charge in [0.05, 0.1) is 41.3 Å². The second-order valence-corrected chi connectivity index (χ2v) is 11.4. The van der Waals surface area contributed by atoms with Crippen molar-refractivity contribution < 1.29 is 8.97 Å². The lowest BCUT2D eigenvalue weighted by Gasteiger charge is -2.36. The van der Waals surface area contributed by atoms with E-state index in [-0.39, 0.29) is 0 Å². The molecule has 182 valence electrons. The molecule has 30 heavy (non-hydrogen) atoms. The van der Waals surface area contributed by atoms with Crippen molar-refractivity contribution in [3.63, 3.8) is 0 Å². The fourth-order valence-electron chi connectivity index (χ4n) is 4.47. The van der Waals surface area contributed by atoms with E-state index in [9.17, 15) is 0 Å². The summed E-state index contributed by atoms with van der Waals surface area (Å²) in [7, 11) is 9.79. The third-order valence-corrected chi connectivity index (χ3v) is 7.04. The molecule has 0 rings (SSSR count). The van der Waals surface area contributed by atoms with E-state index < -0.39 is 0 Å². The molecular formula is C28H62N2+2. The lowest BCUT2D eigenvalue weighted by atomic mass is 10.1. The number of rotatable bonds is 23. The first-order valence-electron chi connectivity index (χ1n) is 14.0. The Balaban J connectivity index is 3.65. The highest BCUT2D eigenvalue weighted by Crippen LogP contribution is 2.13. The monoisotopic (exact) mass is 426 g/mol. The minimum Gasteiger partial charge on any atom is -0.324 e. The van der Waals surface area contributed by atoms with Gasteiger partial charge in [-0.3, -0.25) is 0 Å². The zero-order chi connectivity index (χ0) is 22.6. The SMILES string of the molecule is CCCCCCCCCCCC[N+](C)(C)CC[N+](C)(C)CCCCCCCCCC. The molecule has 0 unspecified atom stereocenters. The van der Waals surface area contributed by atoms with Gasteiger partial charge in [-0.2, -0.15) is 0 Å². The molecule has 0 N–H and O–H groups in total. The van der Waals surface area contributed by atoms with Crippen molar-refractivity contribution in [3.8, 4) is 0 Å². The van der Waals surface area contributed by atoms with Gasteiger partial charge in [0, 0.05) is 0 Å². The maximum atomic E-state index is 2.45. The topological polar surface area (TPSA) is 0 Å². The molecule has 0 saturated heterocycles. The van der Waals surface area contributed by atoms with Crippen molar-refractivity contribution in [2.75, 3.05) is 54.4 Å². The van der Waals surface area contributed by atoms with Crippen LogP contribution in [0.4, 0.5) is 0 Å². The average Bonchev–Trinajstić information content (AvgIpc) is 2.70. The molecule has 0 aromatic heterocycles. The van der Waals surface area contributed by atoms with Gasteiger partial charge in [-0.15, -0.1) is 0 Å². The van der Waals surface area contributed by atoms with Gasteiger partial charge < -0.3 is 8.97 Å². The highest BCUT2D eigenvalue weighted by molar-refractivity contribution is 4.49. The van der Waals surface area contributed by atoms with E-state index in [0.29, 0.717) is 0 Å². The smallest absolute Gasteiger partial charge is 0.128 e. The molecule has 0 aromatic carbocycles. The van der Waals surface area contributed by atoms with Crippen LogP contribution in [-0.2, 0) is 0 Å². The summed E-state index contributed by atoms with van der Waals surface area (Å²) in [6.07, 6.45) is 25.8. The van der Waals surface area contributed by atoms with Crippen LogP contribution in [0.25, 0.3) is 0 Å². The largest absolute Gasteiger partial charge is 0.324 e. The highest BCUT2D eigenvalue weighted by Gasteiger charge is 2.22. The summed E-state index contributed by atoms with van der Waals surface area (Å²) in [6.45, 7) is 9.96. The second kappa shape index (κ2) is 19.6. The Hall–Kier alpha value is -0.0800. The number of quaternary nitrogens is 2. The Morgan fingerprint density at radius 3 is 0.800 bits per heavy atom. The molecule has 2 nitrogen and oxygen atoms in total. The molecule has 0 aliphatic heterocycles. The molecule has 0 spiro atoms. The maximum absolute atomic E-state index is 2.45. The molecule has 0 fully saturated rings. The Morgan fingerprint density at radius 2 is 0.533 bits per heavy atom. The Morgan fingerprint density at radius 1 is 0.300 bits per heavy atom. The first kappa shape index (κ1) is 29.9. The van der Waals surface area contributed by atoms with E-state index in [0.717, 1.165) is 0 Å². The van der Waals surface area contributed by atoms with Crippen molar-refractivity contribution in [2.24, 2.45) is 0 Å². The fraction of sp³-hybridized carbons (Fsp3) is 1.00. The molecule has 0 bridgehead atoms. The van der Waals surface area contributed by atoms with Crippen molar-refractivity contribution >= 4 is 0 Å². The minimum atomic E-state index is 1.20. The van der Waals surface area contributed by atoms with Crippen LogP contribution >= 0.6 is 0 Å². The lowest BCUT2D eigenvalue weighted by Crippen LogP contribution is -2.51. The van der Waals surface area contributed by atoms with Crippen LogP contribution in [0.5, 0.6) is 0 Å². The van der Waals surface area contributed by atoms with Gasteiger partial charge in [0.25, 0.3) is 0 Å². The summed E-state index contributed by atoms with van der Waals surface area (Å²) in [5, 5.41) is 0. The number of likely N-dealkylation sites (N-methyl/N-ethyl adjacent to an activating group) is 2. The fourth-order valence-corrected chi connectivity index (χ4v) is 4.47. The number of hydrogen-bond acceptors (Lipinski definition) is 0. The van der Waals surface area contributed by atoms with Crippen LogP contribution in [0.15, 0.2) is 0 Å². The van der Waals surface area contributed by atoms with E-state index in [1.54, 1.807) is 0 Å². The number of unbranched alkanes of at least 4 members (excludes halogenated alkanes) is 16. The molecule has 0 aliphatic rings. The van der Waals surface area contributed by atoms with Gasteiger partial charge in [-0.25, -0.2) is 0 Å². The molecule has 0 saturated carbocycles. The van der Waals surface area contributed by atoms with Crippen LogP contribution < -0.4 is 0 Å². The number of nitrogens with zero attached hydrogens (tertiary/aromatic N) is 2. The Bertz CT molecular complexity index is 349. The molecular weight excluding hydrogens is 364 g/mol. The van der Waals surface area contributed by atoms with Crippen molar-refractivity contribution in [1.82, 2.24) is 0 Å². The van der Waals surface area contributed by atoms with Gasteiger partial charge in [-0.1, -0.05) is 104 Å². The molecule has 0 heterocycles. The van der Waals surface area contributed by atoms with Gasteiger partial charge in [-0.05, 0) is 25.7 Å². The highest BCUT2D eigenvalue weighted by atomic mass is 15.4. The maximum Gasteiger partial charge on any atom is 0.128 e. The molecule has 0 atom stereocenters. The standard InChI is InChI=1S/C28H62N2/c1-7-9-11-13-15-17-18-20-22-24-26-30(5,6)28-27-29(3,4)25-23-21-19-16-14-12-10-8-2/h7-28H2,1-6H3/q+2. The summed E-state index contributed by atoms with van der Waals surface area (Å²) >= 11 is 0. The predicted octanol–water partition coefficient (Wildman–Crippen LogP) is 8.20. The minimum absolute atomic E-state index is 1.20. The lowest BCUT2D eigenvalue weighted by molar-refractivity contribution is -0.946. The summed E-state index contributed by atoms with van der Waals surface area (Å²) in [5.74, 6) is 0. The summed E-state index contributed by atoms with van der Waals surface area (Å²) in [4.78, 5) is 0. The Labute approximate surface area is 193 Å². The zero-order valence-electron chi connectivity index (χ0n) is 22.5. The van der Waals surface area contributed by atoms with Crippen LogP contribution in [0.2, 0.25) is 0 Å². The van der Waals surface area contributed by atoms with Crippen LogP contribution in [-0.4, -0.2) is 63.3 Å². The van der Waals surface area contributed by atoms with Gasteiger partial charge >= 0.3 is 0 Å². The molecule has 0 aliphatic carbocycles.